The molecule has 0 aliphatic carbocycles. The van der Waals surface area contributed by atoms with E-state index in [0.29, 0.717) is 19.6 Å². The summed E-state index contributed by atoms with van der Waals surface area (Å²) in [4.78, 5) is 0. The van der Waals surface area contributed by atoms with Crippen molar-refractivity contribution in [1.29, 1.82) is 0 Å². The molecular formula is C12H18N2O2S. The zero-order valence-corrected chi connectivity index (χ0v) is 10.6. The molecule has 5 heteroatoms. The molecule has 0 atom stereocenters. The largest absolute Gasteiger partial charge is 0.316 e. The summed E-state index contributed by atoms with van der Waals surface area (Å²) in [6.07, 6.45) is 0.867. The van der Waals surface area contributed by atoms with Gasteiger partial charge in [-0.05, 0) is 18.5 Å². The average molecular weight is 254 g/mol. The summed E-state index contributed by atoms with van der Waals surface area (Å²) in [6, 6.07) is 9.75. The molecule has 17 heavy (non-hydrogen) atoms. The molecule has 0 saturated carbocycles. The summed E-state index contributed by atoms with van der Waals surface area (Å²) in [5.74, 6) is 0.194. The van der Waals surface area contributed by atoms with Gasteiger partial charge in [0, 0.05) is 19.6 Å². The van der Waals surface area contributed by atoms with Gasteiger partial charge in [-0.2, -0.15) is 4.31 Å². The lowest BCUT2D eigenvalue weighted by molar-refractivity contribution is 0.387. The Morgan fingerprint density at radius 3 is 2.71 bits per heavy atom. The zero-order valence-electron chi connectivity index (χ0n) is 9.80. The van der Waals surface area contributed by atoms with Crippen molar-refractivity contribution in [3.05, 3.63) is 35.9 Å². The van der Waals surface area contributed by atoms with Crippen molar-refractivity contribution in [3.63, 3.8) is 0 Å². The first kappa shape index (κ1) is 12.5. The first-order valence-electron chi connectivity index (χ1n) is 5.91. The highest BCUT2D eigenvalue weighted by Gasteiger charge is 2.22. The van der Waals surface area contributed by atoms with Crippen molar-refractivity contribution in [3.8, 4) is 0 Å². The molecule has 1 N–H and O–H groups in total. The fraction of sp³-hybridized carbons (Fsp3) is 0.500. The standard InChI is InChI=1S/C12H18N2O2S/c15-17(16)10-8-13-7-4-9-14(17)11-12-5-2-1-3-6-12/h1-3,5-6,13H,4,7-11H2. The quantitative estimate of drug-likeness (QED) is 0.850. The molecule has 0 spiro atoms. The maximum Gasteiger partial charge on any atom is 0.215 e. The van der Waals surface area contributed by atoms with Crippen molar-refractivity contribution < 1.29 is 8.42 Å². The summed E-state index contributed by atoms with van der Waals surface area (Å²) in [5.41, 5.74) is 1.05. The highest BCUT2D eigenvalue weighted by molar-refractivity contribution is 7.89. The van der Waals surface area contributed by atoms with Crippen molar-refractivity contribution in [2.75, 3.05) is 25.4 Å². The van der Waals surface area contributed by atoms with Gasteiger partial charge < -0.3 is 5.32 Å². The molecule has 94 valence electrons. The maximum absolute atomic E-state index is 12.0. The number of sulfonamides is 1. The van der Waals surface area contributed by atoms with E-state index < -0.39 is 10.0 Å². The van der Waals surface area contributed by atoms with Crippen LogP contribution >= 0.6 is 0 Å². The number of hydrogen-bond donors (Lipinski definition) is 1. The zero-order chi connectivity index (χ0) is 12.1. The van der Waals surface area contributed by atoms with Gasteiger partial charge in [-0.15, -0.1) is 0 Å². The molecule has 4 nitrogen and oxygen atoms in total. The van der Waals surface area contributed by atoms with Crippen LogP contribution in [0, 0.1) is 0 Å². The minimum absolute atomic E-state index is 0.194. The molecule has 1 heterocycles. The van der Waals surface area contributed by atoms with E-state index in [4.69, 9.17) is 0 Å². The second-order valence-corrected chi connectivity index (χ2v) is 6.33. The molecule has 0 amide bonds. The van der Waals surface area contributed by atoms with Crippen molar-refractivity contribution in [1.82, 2.24) is 9.62 Å². The lowest BCUT2D eigenvalue weighted by atomic mass is 10.2. The van der Waals surface area contributed by atoms with Crippen LogP contribution in [0.3, 0.4) is 0 Å². The van der Waals surface area contributed by atoms with Gasteiger partial charge in [0.1, 0.15) is 0 Å². The van der Waals surface area contributed by atoms with Gasteiger partial charge in [-0.3, -0.25) is 0 Å². The van der Waals surface area contributed by atoms with Gasteiger partial charge in [0.05, 0.1) is 5.75 Å². The molecular weight excluding hydrogens is 236 g/mol. The molecule has 1 aromatic rings. The van der Waals surface area contributed by atoms with Gasteiger partial charge in [0.25, 0.3) is 0 Å². The molecule has 2 rings (SSSR count). The Kier molecular flexibility index (Phi) is 4.15. The third kappa shape index (κ3) is 3.52. The van der Waals surface area contributed by atoms with Crippen LogP contribution < -0.4 is 5.32 Å². The highest BCUT2D eigenvalue weighted by atomic mass is 32.2. The third-order valence-corrected chi connectivity index (χ3v) is 4.71. The van der Waals surface area contributed by atoms with Gasteiger partial charge >= 0.3 is 0 Å². The number of nitrogens with zero attached hydrogens (tertiary/aromatic N) is 1. The van der Waals surface area contributed by atoms with Crippen molar-refractivity contribution in [2.24, 2.45) is 0 Å². The van der Waals surface area contributed by atoms with Crippen LogP contribution in [-0.4, -0.2) is 38.1 Å². The van der Waals surface area contributed by atoms with Crippen molar-refractivity contribution in [2.45, 2.75) is 13.0 Å². The van der Waals surface area contributed by atoms with E-state index >= 15 is 0 Å². The SMILES string of the molecule is O=S1(=O)CCNCCCN1Cc1ccccc1. The molecule has 0 bridgehead atoms. The van der Waals surface area contributed by atoms with Gasteiger partial charge in [-0.1, -0.05) is 30.3 Å². The Morgan fingerprint density at radius 2 is 1.94 bits per heavy atom. The molecule has 1 saturated heterocycles. The fourth-order valence-corrected chi connectivity index (χ4v) is 3.35. The second-order valence-electron chi connectivity index (χ2n) is 4.24. The molecule has 1 aromatic carbocycles. The van der Waals surface area contributed by atoms with E-state index in [2.05, 4.69) is 5.32 Å². The summed E-state index contributed by atoms with van der Waals surface area (Å²) < 4.78 is 25.7. The van der Waals surface area contributed by atoms with E-state index in [-0.39, 0.29) is 5.75 Å². The van der Waals surface area contributed by atoms with E-state index in [1.807, 2.05) is 30.3 Å². The first-order valence-corrected chi connectivity index (χ1v) is 7.52. The predicted octanol–water partition coefficient (Wildman–Crippen LogP) is 0.812. The first-order chi connectivity index (χ1) is 8.18. The highest BCUT2D eigenvalue weighted by Crippen LogP contribution is 2.11. The summed E-state index contributed by atoms with van der Waals surface area (Å²) in [6.45, 7) is 2.53. The number of rotatable bonds is 2. The monoisotopic (exact) mass is 254 g/mol. The fourth-order valence-electron chi connectivity index (χ4n) is 1.94. The Labute approximate surface area is 103 Å². The van der Waals surface area contributed by atoms with E-state index in [1.165, 1.54) is 0 Å². The summed E-state index contributed by atoms with van der Waals surface area (Å²) in [5, 5.41) is 3.12. The molecule has 1 aliphatic rings. The van der Waals surface area contributed by atoms with E-state index in [0.717, 1.165) is 18.5 Å². The van der Waals surface area contributed by atoms with Crippen LogP contribution in [0.4, 0.5) is 0 Å². The smallest absolute Gasteiger partial charge is 0.215 e. The topological polar surface area (TPSA) is 49.4 Å². The van der Waals surface area contributed by atoms with Crippen LogP contribution in [-0.2, 0) is 16.6 Å². The number of benzene rings is 1. The molecule has 1 fully saturated rings. The number of nitrogens with one attached hydrogen (secondary N) is 1. The van der Waals surface area contributed by atoms with Crippen LogP contribution in [0.2, 0.25) is 0 Å². The van der Waals surface area contributed by atoms with Crippen LogP contribution in [0.15, 0.2) is 30.3 Å². The van der Waals surface area contributed by atoms with Crippen LogP contribution in [0.1, 0.15) is 12.0 Å². The molecule has 0 aromatic heterocycles. The van der Waals surface area contributed by atoms with Gasteiger partial charge in [0.15, 0.2) is 0 Å². The van der Waals surface area contributed by atoms with Gasteiger partial charge in [-0.25, -0.2) is 8.42 Å². The van der Waals surface area contributed by atoms with Gasteiger partial charge in [0.2, 0.25) is 10.0 Å². The minimum Gasteiger partial charge on any atom is -0.316 e. The molecule has 0 unspecified atom stereocenters. The Morgan fingerprint density at radius 1 is 1.18 bits per heavy atom. The maximum atomic E-state index is 12.0. The molecule has 0 radical (unpaired) electrons. The lowest BCUT2D eigenvalue weighted by Gasteiger charge is -2.24. The summed E-state index contributed by atoms with van der Waals surface area (Å²) in [7, 11) is -3.11. The molecule has 1 aliphatic heterocycles. The third-order valence-electron chi connectivity index (χ3n) is 2.89. The lowest BCUT2D eigenvalue weighted by Crippen LogP contribution is -2.40. The Bertz CT molecular complexity index is 445. The average Bonchev–Trinajstić information content (AvgIpc) is 2.31. The summed E-state index contributed by atoms with van der Waals surface area (Å²) >= 11 is 0. The normalized spacial score (nSPS) is 21.6. The van der Waals surface area contributed by atoms with Crippen LogP contribution in [0.5, 0.6) is 0 Å². The second kappa shape index (κ2) is 5.62. The van der Waals surface area contributed by atoms with E-state index in [1.54, 1.807) is 4.31 Å². The Hall–Kier alpha value is -0.910. The minimum atomic E-state index is -3.11. The predicted molar refractivity (Wildman–Crippen MR) is 68.1 cm³/mol. The van der Waals surface area contributed by atoms with Crippen LogP contribution in [0.25, 0.3) is 0 Å². The Balaban J connectivity index is 2.11. The van der Waals surface area contributed by atoms with Crippen molar-refractivity contribution >= 4 is 10.0 Å². The van der Waals surface area contributed by atoms with E-state index in [9.17, 15) is 8.42 Å². The number of hydrogen-bond acceptors (Lipinski definition) is 3.